The normalized spacial score (nSPS) is 10.3. The lowest BCUT2D eigenvalue weighted by Crippen LogP contribution is -2.22. The maximum atomic E-state index is 13.7. The predicted octanol–water partition coefficient (Wildman–Crippen LogP) is 2.48. The Hall–Kier alpha value is -2.10. The molecule has 1 heterocycles. The number of likely N-dealkylation sites (N-methyl/N-ethyl adjacent to an activating group) is 1. The van der Waals surface area contributed by atoms with Gasteiger partial charge in [-0.05, 0) is 30.2 Å². The van der Waals surface area contributed by atoms with Gasteiger partial charge in [0.15, 0.2) is 0 Å². The van der Waals surface area contributed by atoms with E-state index < -0.39 is 0 Å². The van der Waals surface area contributed by atoms with Crippen LogP contribution in [0.2, 0.25) is 0 Å². The molecule has 4 heteroatoms. The van der Waals surface area contributed by atoms with Crippen molar-refractivity contribution in [2.45, 2.75) is 6.42 Å². The summed E-state index contributed by atoms with van der Waals surface area (Å²) in [5.41, 5.74) is 7.84. The second-order valence-electron chi connectivity index (χ2n) is 4.21. The van der Waals surface area contributed by atoms with Gasteiger partial charge in [-0.3, -0.25) is 4.98 Å². The van der Waals surface area contributed by atoms with Crippen LogP contribution in [0.4, 0.5) is 15.8 Å². The maximum absolute atomic E-state index is 13.7. The third-order valence-electron chi connectivity index (χ3n) is 2.86. The molecule has 18 heavy (non-hydrogen) atoms. The summed E-state index contributed by atoms with van der Waals surface area (Å²) < 4.78 is 13.7. The van der Waals surface area contributed by atoms with Gasteiger partial charge in [0.25, 0.3) is 0 Å². The summed E-state index contributed by atoms with van der Waals surface area (Å²) in [7, 11) is 1.84. The molecule has 2 rings (SSSR count). The lowest BCUT2D eigenvalue weighted by atomic mass is 10.2. The van der Waals surface area contributed by atoms with Gasteiger partial charge in [-0.2, -0.15) is 0 Å². The molecular weight excluding hydrogens is 229 g/mol. The molecule has 0 bridgehead atoms. The van der Waals surface area contributed by atoms with E-state index in [1.54, 1.807) is 18.3 Å². The number of hydrogen-bond donors (Lipinski definition) is 1. The fourth-order valence-corrected chi connectivity index (χ4v) is 1.89. The zero-order valence-electron chi connectivity index (χ0n) is 10.3. The van der Waals surface area contributed by atoms with Crippen LogP contribution in [0.3, 0.4) is 0 Å². The van der Waals surface area contributed by atoms with Gasteiger partial charge >= 0.3 is 0 Å². The highest BCUT2D eigenvalue weighted by Crippen LogP contribution is 2.25. The maximum Gasteiger partial charge on any atom is 0.148 e. The van der Waals surface area contributed by atoms with Crippen LogP contribution in [0.1, 0.15) is 5.56 Å². The summed E-state index contributed by atoms with van der Waals surface area (Å²) in [6, 6.07) is 8.65. The first-order valence-electron chi connectivity index (χ1n) is 5.82. The highest BCUT2D eigenvalue weighted by molar-refractivity contribution is 5.67. The third-order valence-corrected chi connectivity index (χ3v) is 2.86. The summed E-state index contributed by atoms with van der Waals surface area (Å²) >= 11 is 0. The van der Waals surface area contributed by atoms with E-state index in [1.807, 2.05) is 30.3 Å². The van der Waals surface area contributed by atoms with E-state index >= 15 is 0 Å². The largest absolute Gasteiger partial charge is 0.397 e. The Morgan fingerprint density at radius 2 is 2.11 bits per heavy atom. The van der Waals surface area contributed by atoms with Gasteiger partial charge in [0.05, 0.1) is 11.4 Å². The van der Waals surface area contributed by atoms with Crippen molar-refractivity contribution in [3.8, 4) is 0 Å². The van der Waals surface area contributed by atoms with E-state index in [9.17, 15) is 4.39 Å². The summed E-state index contributed by atoms with van der Waals surface area (Å²) in [4.78, 5) is 5.88. The minimum atomic E-state index is -0.288. The Morgan fingerprint density at radius 3 is 2.78 bits per heavy atom. The zero-order valence-corrected chi connectivity index (χ0v) is 10.3. The Balaban J connectivity index is 2.06. The number of para-hydroxylation sites is 1. The average Bonchev–Trinajstić information content (AvgIpc) is 2.37. The molecule has 0 spiro atoms. The number of rotatable bonds is 4. The fourth-order valence-electron chi connectivity index (χ4n) is 1.89. The fraction of sp³-hybridized carbons (Fsp3) is 0.214. The van der Waals surface area contributed by atoms with Crippen LogP contribution < -0.4 is 10.6 Å². The summed E-state index contributed by atoms with van der Waals surface area (Å²) in [5, 5.41) is 0. The van der Waals surface area contributed by atoms with Crippen molar-refractivity contribution < 1.29 is 4.39 Å². The third kappa shape index (κ3) is 2.77. The monoisotopic (exact) mass is 245 g/mol. The van der Waals surface area contributed by atoms with Gasteiger partial charge < -0.3 is 10.6 Å². The minimum Gasteiger partial charge on any atom is -0.397 e. The van der Waals surface area contributed by atoms with Crippen molar-refractivity contribution in [3.63, 3.8) is 0 Å². The van der Waals surface area contributed by atoms with Gasteiger partial charge in [-0.1, -0.05) is 12.1 Å². The van der Waals surface area contributed by atoms with Crippen molar-refractivity contribution in [2.24, 2.45) is 0 Å². The molecule has 3 nitrogen and oxygen atoms in total. The molecular formula is C14H16FN3. The van der Waals surface area contributed by atoms with E-state index in [0.717, 1.165) is 12.0 Å². The van der Waals surface area contributed by atoms with E-state index in [2.05, 4.69) is 4.98 Å². The second-order valence-corrected chi connectivity index (χ2v) is 4.21. The van der Waals surface area contributed by atoms with Crippen molar-refractivity contribution in [2.75, 3.05) is 24.2 Å². The Bertz CT molecular complexity index is 493. The average molecular weight is 245 g/mol. The number of nitrogens with zero attached hydrogens (tertiary/aromatic N) is 2. The topological polar surface area (TPSA) is 42.2 Å². The van der Waals surface area contributed by atoms with Crippen LogP contribution in [0.5, 0.6) is 0 Å². The van der Waals surface area contributed by atoms with Gasteiger partial charge in [0.1, 0.15) is 5.82 Å². The second kappa shape index (κ2) is 5.49. The standard InChI is InChI=1S/C14H16FN3/c1-18(9-7-11-4-3-8-17-10-11)14-12(15)5-2-6-13(14)16/h2-6,8,10H,7,9,16H2,1H3. The first kappa shape index (κ1) is 12.4. The number of aromatic nitrogens is 1. The smallest absolute Gasteiger partial charge is 0.148 e. The van der Waals surface area contributed by atoms with Crippen LogP contribution >= 0.6 is 0 Å². The molecule has 0 saturated heterocycles. The van der Waals surface area contributed by atoms with E-state index in [4.69, 9.17) is 5.73 Å². The van der Waals surface area contributed by atoms with Crippen molar-refractivity contribution in [1.29, 1.82) is 0 Å². The molecule has 0 aliphatic rings. The number of benzene rings is 1. The molecule has 0 amide bonds. The number of nitrogens with two attached hydrogens (primary N) is 1. The van der Waals surface area contributed by atoms with Gasteiger partial charge in [-0.25, -0.2) is 4.39 Å². The van der Waals surface area contributed by atoms with Crippen LogP contribution in [0, 0.1) is 5.82 Å². The summed E-state index contributed by atoms with van der Waals surface area (Å²) in [6.07, 6.45) is 4.36. The number of pyridine rings is 1. The van der Waals surface area contributed by atoms with Crippen molar-refractivity contribution in [1.82, 2.24) is 4.98 Å². The molecule has 1 aromatic heterocycles. The molecule has 0 saturated carbocycles. The van der Waals surface area contributed by atoms with Gasteiger partial charge in [-0.15, -0.1) is 0 Å². The zero-order chi connectivity index (χ0) is 13.0. The lowest BCUT2D eigenvalue weighted by molar-refractivity contribution is 0.623. The van der Waals surface area contributed by atoms with E-state index in [-0.39, 0.29) is 5.82 Å². The lowest BCUT2D eigenvalue weighted by Gasteiger charge is -2.21. The predicted molar refractivity (Wildman–Crippen MR) is 72.0 cm³/mol. The van der Waals surface area contributed by atoms with Crippen LogP contribution in [-0.2, 0) is 6.42 Å². The molecule has 1 aromatic carbocycles. The van der Waals surface area contributed by atoms with Gasteiger partial charge in [0.2, 0.25) is 0 Å². The van der Waals surface area contributed by atoms with E-state index in [0.29, 0.717) is 17.9 Å². The molecule has 0 atom stereocenters. The first-order chi connectivity index (χ1) is 8.68. The Kier molecular flexibility index (Phi) is 3.77. The molecule has 0 radical (unpaired) electrons. The molecule has 2 N–H and O–H groups in total. The molecule has 0 aliphatic heterocycles. The first-order valence-corrected chi connectivity index (χ1v) is 5.82. The van der Waals surface area contributed by atoms with E-state index in [1.165, 1.54) is 6.07 Å². The van der Waals surface area contributed by atoms with Crippen LogP contribution in [0.25, 0.3) is 0 Å². The number of halogens is 1. The molecule has 0 aliphatic carbocycles. The number of nitrogen functional groups attached to an aromatic ring is 1. The van der Waals surface area contributed by atoms with Gasteiger partial charge in [0, 0.05) is 26.0 Å². The minimum absolute atomic E-state index is 0.288. The number of hydrogen-bond acceptors (Lipinski definition) is 3. The Labute approximate surface area is 106 Å². The molecule has 2 aromatic rings. The summed E-state index contributed by atoms with van der Waals surface area (Å²) in [6.45, 7) is 0.691. The van der Waals surface area contributed by atoms with Crippen molar-refractivity contribution in [3.05, 3.63) is 54.1 Å². The quantitative estimate of drug-likeness (QED) is 0.841. The SMILES string of the molecule is CN(CCc1cccnc1)c1c(N)cccc1F. The number of anilines is 2. The molecule has 0 unspecified atom stereocenters. The summed E-state index contributed by atoms with van der Waals surface area (Å²) in [5.74, 6) is -0.288. The highest BCUT2D eigenvalue weighted by atomic mass is 19.1. The Morgan fingerprint density at radius 1 is 1.28 bits per heavy atom. The van der Waals surface area contributed by atoms with Crippen molar-refractivity contribution >= 4 is 11.4 Å². The highest BCUT2D eigenvalue weighted by Gasteiger charge is 2.10. The molecule has 94 valence electrons. The van der Waals surface area contributed by atoms with Crippen LogP contribution in [0.15, 0.2) is 42.7 Å². The molecule has 0 fully saturated rings. The van der Waals surface area contributed by atoms with Crippen LogP contribution in [-0.4, -0.2) is 18.6 Å².